The van der Waals surface area contributed by atoms with Gasteiger partial charge in [-0.1, -0.05) is 29.3 Å². The Labute approximate surface area is 193 Å². The van der Waals surface area contributed by atoms with E-state index in [1.807, 2.05) is 24.5 Å². The van der Waals surface area contributed by atoms with Gasteiger partial charge in [-0.05, 0) is 61.6 Å². The Kier molecular flexibility index (Phi) is 7.09. The summed E-state index contributed by atoms with van der Waals surface area (Å²) in [6.45, 7) is 2.35. The van der Waals surface area contributed by atoms with Crippen LogP contribution in [0.5, 0.6) is 0 Å². The number of hydrogen-bond acceptors (Lipinski definition) is 4. The minimum Gasteiger partial charge on any atom is -0.394 e. The van der Waals surface area contributed by atoms with Crippen LogP contribution in [0.15, 0.2) is 30.6 Å². The molecule has 0 radical (unpaired) electrons. The molecule has 4 rings (SSSR count). The van der Waals surface area contributed by atoms with Gasteiger partial charge in [0.1, 0.15) is 0 Å². The standard InChI is InChI=1S/C23H30Cl2N4O2/c24-18-3-1-17(21(25)13-18)2-4-22(31)28-10-9-23(16-28)7-5-19(6-8-23)27-20-14-26-29(15-20)11-12-30/h1,3,13-15,19,27,30H,2,4-12,16H2/t19-,23+. The monoisotopic (exact) mass is 464 g/mol. The second-order valence-electron chi connectivity index (χ2n) is 8.94. The number of carbonyl (C=O) groups is 1. The van der Waals surface area contributed by atoms with E-state index in [0.29, 0.717) is 35.5 Å². The van der Waals surface area contributed by atoms with E-state index in [0.717, 1.165) is 56.4 Å². The van der Waals surface area contributed by atoms with Gasteiger partial charge in [-0.3, -0.25) is 9.48 Å². The lowest BCUT2D eigenvalue weighted by molar-refractivity contribution is -0.130. The van der Waals surface area contributed by atoms with Crippen molar-refractivity contribution in [2.75, 3.05) is 25.0 Å². The minimum absolute atomic E-state index is 0.0923. The van der Waals surface area contributed by atoms with Gasteiger partial charge in [0.25, 0.3) is 0 Å². The van der Waals surface area contributed by atoms with Crippen LogP contribution in [0.3, 0.4) is 0 Å². The van der Waals surface area contributed by atoms with Gasteiger partial charge < -0.3 is 15.3 Å². The zero-order valence-corrected chi connectivity index (χ0v) is 19.2. The molecule has 31 heavy (non-hydrogen) atoms. The highest BCUT2D eigenvalue weighted by Gasteiger charge is 2.42. The van der Waals surface area contributed by atoms with E-state index in [9.17, 15) is 4.79 Å². The summed E-state index contributed by atoms with van der Waals surface area (Å²) >= 11 is 12.2. The number of nitrogens with one attached hydrogen (secondary N) is 1. The maximum Gasteiger partial charge on any atom is 0.222 e. The Balaban J connectivity index is 1.24. The van der Waals surface area contributed by atoms with Crippen LogP contribution < -0.4 is 5.32 Å². The molecule has 1 amide bonds. The molecule has 2 fully saturated rings. The molecule has 6 nitrogen and oxygen atoms in total. The number of anilines is 1. The van der Waals surface area contributed by atoms with Gasteiger partial charge in [-0.25, -0.2) is 0 Å². The van der Waals surface area contributed by atoms with E-state index in [2.05, 4.69) is 15.3 Å². The number of halogens is 2. The van der Waals surface area contributed by atoms with Crippen molar-refractivity contribution in [3.63, 3.8) is 0 Å². The van der Waals surface area contributed by atoms with Gasteiger partial charge in [0.15, 0.2) is 0 Å². The third kappa shape index (κ3) is 5.54. The van der Waals surface area contributed by atoms with Crippen molar-refractivity contribution >= 4 is 34.8 Å². The summed E-state index contributed by atoms with van der Waals surface area (Å²) in [5.41, 5.74) is 2.26. The third-order valence-corrected chi connectivity index (χ3v) is 7.38. The van der Waals surface area contributed by atoms with Gasteiger partial charge in [-0.15, -0.1) is 0 Å². The molecule has 2 aromatic rings. The molecule has 1 spiro atoms. The Morgan fingerprint density at radius 3 is 2.81 bits per heavy atom. The highest BCUT2D eigenvalue weighted by molar-refractivity contribution is 6.35. The number of aliphatic hydroxyl groups excluding tert-OH is 1. The van der Waals surface area contributed by atoms with Crippen molar-refractivity contribution in [3.8, 4) is 0 Å². The fourth-order valence-electron chi connectivity index (χ4n) is 4.95. The van der Waals surface area contributed by atoms with E-state index in [1.165, 1.54) is 0 Å². The highest BCUT2D eigenvalue weighted by atomic mass is 35.5. The average Bonchev–Trinajstić information content (AvgIpc) is 3.37. The minimum atomic E-state index is 0.0923. The van der Waals surface area contributed by atoms with Crippen molar-refractivity contribution < 1.29 is 9.90 Å². The first kappa shape index (κ1) is 22.4. The SMILES string of the molecule is O=C(CCc1ccc(Cl)cc1Cl)N1CC[C@]2(CC[C@H](Nc3cnn(CCO)c3)CC2)C1. The number of aliphatic hydroxyl groups is 1. The number of benzene rings is 1. The summed E-state index contributed by atoms with van der Waals surface area (Å²) in [5.74, 6) is 0.222. The largest absolute Gasteiger partial charge is 0.394 e. The molecule has 2 N–H and O–H groups in total. The van der Waals surface area contributed by atoms with Crippen molar-refractivity contribution in [2.45, 2.75) is 57.5 Å². The summed E-state index contributed by atoms with van der Waals surface area (Å²) in [4.78, 5) is 14.9. The number of rotatable bonds is 7. The van der Waals surface area contributed by atoms with Gasteiger partial charge in [-0.2, -0.15) is 5.10 Å². The van der Waals surface area contributed by atoms with Crippen molar-refractivity contribution in [2.24, 2.45) is 5.41 Å². The molecule has 1 saturated carbocycles. The first-order valence-corrected chi connectivity index (χ1v) is 11.8. The maximum atomic E-state index is 12.8. The van der Waals surface area contributed by atoms with Crippen LogP contribution in [0.4, 0.5) is 5.69 Å². The summed E-state index contributed by atoms with van der Waals surface area (Å²) < 4.78 is 1.75. The van der Waals surface area contributed by atoms with E-state index < -0.39 is 0 Å². The average molecular weight is 465 g/mol. The molecule has 1 aromatic carbocycles. The lowest BCUT2D eigenvalue weighted by Gasteiger charge is -2.37. The molecular formula is C23H30Cl2N4O2. The maximum absolute atomic E-state index is 12.8. The number of likely N-dealkylation sites (tertiary alicyclic amines) is 1. The van der Waals surface area contributed by atoms with E-state index in [-0.39, 0.29) is 17.9 Å². The molecule has 1 saturated heterocycles. The predicted octanol–water partition coefficient (Wildman–Crippen LogP) is 4.39. The molecule has 1 aromatic heterocycles. The molecule has 1 aliphatic heterocycles. The molecule has 0 unspecified atom stereocenters. The first-order chi connectivity index (χ1) is 15.0. The zero-order valence-electron chi connectivity index (χ0n) is 17.7. The number of hydrogen-bond donors (Lipinski definition) is 2. The van der Waals surface area contributed by atoms with Crippen molar-refractivity contribution in [3.05, 3.63) is 46.2 Å². The molecule has 2 aliphatic rings. The number of aromatic nitrogens is 2. The van der Waals surface area contributed by atoms with E-state index in [4.69, 9.17) is 28.3 Å². The molecule has 2 heterocycles. The predicted molar refractivity (Wildman–Crippen MR) is 124 cm³/mol. The number of aryl methyl sites for hydroxylation is 1. The molecule has 0 bridgehead atoms. The number of amides is 1. The summed E-state index contributed by atoms with van der Waals surface area (Å²) in [7, 11) is 0. The number of carbonyl (C=O) groups excluding carboxylic acids is 1. The van der Waals surface area contributed by atoms with Crippen LogP contribution in [0.1, 0.15) is 44.1 Å². The Morgan fingerprint density at radius 1 is 1.26 bits per heavy atom. The van der Waals surface area contributed by atoms with Gasteiger partial charge in [0.05, 0.1) is 25.0 Å². The van der Waals surface area contributed by atoms with Gasteiger partial charge >= 0.3 is 0 Å². The van der Waals surface area contributed by atoms with E-state index >= 15 is 0 Å². The normalized spacial score (nSPS) is 23.5. The Hall–Kier alpha value is -1.76. The summed E-state index contributed by atoms with van der Waals surface area (Å²) in [6, 6.07) is 5.90. The summed E-state index contributed by atoms with van der Waals surface area (Å²) in [5, 5.41) is 18.1. The lowest BCUT2D eigenvalue weighted by atomic mass is 9.72. The lowest BCUT2D eigenvalue weighted by Crippen LogP contribution is -2.37. The van der Waals surface area contributed by atoms with Crippen LogP contribution in [-0.4, -0.2) is 51.4 Å². The van der Waals surface area contributed by atoms with Crippen molar-refractivity contribution in [1.29, 1.82) is 0 Å². The van der Waals surface area contributed by atoms with Crippen molar-refractivity contribution in [1.82, 2.24) is 14.7 Å². The van der Waals surface area contributed by atoms with Crippen LogP contribution in [-0.2, 0) is 17.8 Å². The second kappa shape index (κ2) is 9.80. The van der Waals surface area contributed by atoms with Gasteiger partial charge in [0.2, 0.25) is 5.91 Å². The smallest absolute Gasteiger partial charge is 0.222 e. The Morgan fingerprint density at radius 2 is 2.06 bits per heavy atom. The van der Waals surface area contributed by atoms with Gasteiger partial charge in [0, 0.05) is 41.8 Å². The quantitative estimate of drug-likeness (QED) is 0.637. The highest BCUT2D eigenvalue weighted by Crippen LogP contribution is 2.44. The molecule has 1 aliphatic carbocycles. The molecule has 0 atom stereocenters. The summed E-state index contributed by atoms with van der Waals surface area (Å²) in [6.07, 6.45) is 10.5. The molecule has 8 heteroatoms. The van der Waals surface area contributed by atoms with E-state index in [1.54, 1.807) is 10.7 Å². The van der Waals surface area contributed by atoms with Crippen LogP contribution >= 0.6 is 23.2 Å². The third-order valence-electron chi connectivity index (χ3n) is 6.79. The van der Waals surface area contributed by atoms with Crippen LogP contribution in [0.2, 0.25) is 10.0 Å². The Bertz CT molecular complexity index is 909. The fraction of sp³-hybridized carbons (Fsp3) is 0.565. The van der Waals surface area contributed by atoms with Crippen LogP contribution in [0.25, 0.3) is 0 Å². The zero-order chi connectivity index (χ0) is 21.8. The molecular weight excluding hydrogens is 435 g/mol. The molecule has 168 valence electrons. The second-order valence-corrected chi connectivity index (χ2v) is 9.78. The number of nitrogens with zero attached hydrogens (tertiary/aromatic N) is 3. The fourth-order valence-corrected chi connectivity index (χ4v) is 5.46. The topological polar surface area (TPSA) is 70.4 Å². The first-order valence-electron chi connectivity index (χ1n) is 11.1. The van der Waals surface area contributed by atoms with Crippen LogP contribution in [0, 0.1) is 5.41 Å².